The van der Waals surface area contributed by atoms with Crippen molar-refractivity contribution in [3.05, 3.63) is 46.8 Å². The van der Waals surface area contributed by atoms with Gasteiger partial charge in [0.1, 0.15) is 0 Å². The van der Waals surface area contributed by atoms with Gasteiger partial charge in [-0.2, -0.15) is 0 Å². The topological polar surface area (TPSA) is 44.2 Å². The van der Waals surface area contributed by atoms with E-state index in [4.69, 9.17) is 18.8 Å². The van der Waals surface area contributed by atoms with Gasteiger partial charge in [0.25, 0.3) is 0 Å². The molecule has 0 saturated heterocycles. The molecule has 0 amide bonds. The molecule has 0 fully saturated rings. The Morgan fingerprint density at radius 2 is 0.900 bits per heavy atom. The lowest BCUT2D eigenvalue weighted by Gasteiger charge is -2.45. The molecule has 0 aliphatic heterocycles. The Morgan fingerprint density at radius 3 is 1.20 bits per heavy atom. The Bertz CT molecular complexity index is 1150. The molecule has 6 heteroatoms. The van der Waals surface area contributed by atoms with Crippen LogP contribution >= 0.6 is 0 Å². The smallest absolute Gasteiger partial charge is 0.192 e. The number of pyridine rings is 2. The molecule has 2 aromatic rings. The van der Waals surface area contributed by atoms with Crippen LogP contribution in [0.4, 0.5) is 0 Å². The maximum atomic E-state index is 7.02. The third-order valence-electron chi connectivity index (χ3n) is 10.7. The molecule has 222 valence electrons. The molecule has 0 bridgehead atoms. The van der Waals surface area contributed by atoms with Gasteiger partial charge in [-0.05, 0) is 113 Å². The standard InChI is InChI=1S/C34H56N2O2Si2/c1-31(2,3)39(11,12)37-33(7,8)25-19-15-23-17-21-27(35-29(23)25)28-22-18-24-16-20-26(30(24)36-28)34(9,10)38-40(13,14)32(4,5)6/h17-18,21-22,25-26H,15-16,19-20H2,1-14H3/t25-,26-/m0/s1. The van der Waals surface area contributed by atoms with Gasteiger partial charge in [-0.25, -0.2) is 0 Å². The van der Waals surface area contributed by atoms with Crippen LogP contribution in [-0.2, 0) is 21.7 Å². The van der Waals surface area contributed by atoms with Gasteiger partial charge in [0, 0.05) is 11.8 Å². The lowest BCUT2D eigenvalue weighted by molar-refractivity contribution is 0.0602. The second kappa shape index (κ2) is 10.1. The largest absolute Gasteiger partial charge is 0.411 e. The van der Waals surface area contributed by atoms with Crippen molar-refractivity contribution in [3.8, 4) is 11.4 Å². The molecule has 40 heavy (non-hydrogen) atoms. The Morgan fingerprint density at radius 1 is 0.575 bits per heavy atom. The molecule has 2 aromatic heterocycles. The summed E-state index contributed by atoms with van der Waals surface area (Å²) in [5, 5.41) is 0.349. The van der Waals surface area contributed by atoms with E-state index < -0.39 is 16.6 Å². The third kappa shape index (κ3) is 5.93. The molecule has 2 aliphatic carbocycles. The summed E-state index contributed by atoms with van der Waals surface area (Å²) in [5.41, 5.74) is 6.58. The number of hydrogen-bond acceptors (Lipinski definition) is 4. The Balaban J connectivity index is 1.65. The van der Waals surface area contributed by atoms with E-state index in [1.54, 1.807) is 0 Å². The number of nitrogens with zero attached hydrogens (tertiary/aromatic N) is 2. The van der Waals surface area contributed by atoms with Crippen molar-refractivity contribution in [3.63, 3.8) is 0 Å². The van der Waals surface area contributed by atoms with Gasteiger partial charge < -0.3 is 8.85 Å². The molecule has 0 radical (unpaired) electrons. The zero-order chi connectivity index (χ0) is 30.1. The van der Waals surface area contributed by atoms with Crippen LogP contribution in [0.25, 0.3) is 11.4 Å². The first-order valence-corrected chi connectivity index (χ1v) is 21.3. The summed E-state index contributed by atoms with van der Waals surface area (Å²) in [6.45, 7) is 32.5. The van der Waals surface area contributed by atoms with Crippen molar-refractivity contribution < 1.29 is 8.85 Å². The van der Waals surface area contributed by atoms with Crippen molar-refractivity contribution in [2.75, 3.05) is 0 Å². The molecule has 2 aliphatic rings. The predicted octanol–water partition coefficient (Wildman–Crippen LogP) is 9.80. The Labute approximate surface area is 247 Å². The fraction of sp³-hybridized carbons (Fsp3) is 0.706. The normalized spacial score (nSPS) is 20.6. The molecule has 4 nitrogen and oxygen atoms in total. The number of aromatic nitrogens is 2. The molecule has 2 heterocycles. The summed E-state index contributed by atoms with van der Waals surface area (Å²) in [4.78, 5) is 10.6. The van der Waals surface area contributed by atoms with Gasteiger partial charge in [0.2, 0.25) is 0 Å². The van der Waals surface area contributed by atoms with Gasteiger partial charge in [-0.3, -0.25) is 9.97 Å². The first kappa shape index (κ1) is 31.6. The summed E-state index contributed by atoms with van der Waals surface area (Å²) in [7, 11) is -3.84. The first-order chi connectivity index (χ1) is 18.1. The van der Waals surface area contributed by atoms with E-state index in [9.17, 15) is 0 Å². The first-order valence-electron chi connectivity index (χ1n) is 15.5. The van der Waals surface area contributed by atoms with E-state index in [0.29, 0.717) is 0 Å². The molecule has 0 spiro atoms. The summed E-state index contributed by atoms with van der Waals surface area (Å²) in [6, 6.07) is 8.94. The summed E-state index contributed by atoms with van der Waals surface area (Å²) in [5.74, 6) is 0.575. The van der Waals surface area contributed by atoms with Crippen molar-refractivity contribution in [2.45, 2.75) is 154 Å². The molecule has 4 rings (SSSR count). The lowest BCUT2D eigenvalue weighted by Crippen LogP contribution is -2.49. The number of aryl methyl sites for hydroxylation is 2. The maximum absolute atomic E-state index is 7.02. The highest BCUT2D eigenvalue weighted by atomic mass is 28.4. The monoisotopic (exact) mass is 580 g/mol. The van der Waals surface area contributed by atoms with Gasteiger partial charge in [0.15, 0.2) is 16.6 Å². The van der Waals surface area contributed by atoms with E-state index in [2.05, 4.69) is 120 Å². The second-order valence-electron chi connectivity index (χ2n) is 16.6. The molecule has 2 atom stereocenters. The maximum Gasteiger partial charge on any atom is 0.192 e. The number of fused-ring (bicyclic) bond motifs is 2. The van der Waals surface area contributed by atoms with Crippen LogP contribution in [0.5, 0.6) is 0 Å². The van der Waals surface area contributed by atoms with Gasteiger partial charge >= 0.3 is 0 Å². The minimum absolute atomic E-state index is 0.175. The average molecular weight is 581 g/mol. The van der Waals surface area contributed by atoms with E-state index in [0.717, 1.165) is 37.1 Å². The molecular formula is C34H56N2O2Si2. The molecule has 0 N–H and O–H groups in total. The number of rotatable bonds is 7. The van der Waals surface area contributed by atoms with Gasteiger partial charge in [-0.1, -0.05) is 53.7 Å². The minimum Gasteiger partial charge on any atom is -0.411 e. The van der Waals surface area contributed by atoms with Crippen LogP contribution in [0.2, 0.25) is 36.3 Å². The Kier molecular flexibility index (Phi) is 8.00. The van der Waals surface area contributed by atoms with Gasteiger partial charge in [-0.15, -0.1) is 0 Å². The van der Waals surface area contributed by atoms with Crippen LogP contribution < -0.4 is 0 Å². The van der Waals surface area contributed by atoms with Crippen molar-refractivity contribution in [1.82, 2.24) is 9.97 Å². The van der Waals surface area contributed by atoms with E-state index in [1.807, 2.05) is 0 Å². The molecule has 0 aromatic carbocycles. The SMILES string of the molecule is CC(C)(O[Si](C)(C)C(C)(C)C)[C@H]1CCc2ccc(-c3ccc4c(n3)[C@@H](C(C)(C)O[Si](C)(C)C(C)(C)C)CC4)nc21. The highest BCUT2D eigenvalue weighted by molar-refractivity contribution is 6.74. The fourth-order valence-electron chi connectivity index (χ4n) is 6.31. The van der Waals surface area contributed by atoms with E-state index in [-0.39, 0.29) is 33.1 Å². The van der Waals surface area contributed by atoms with Crippen molar-refractivity contribution >= 4 is 16.6 Å². The summed E-state index contributed by atoms with van der Waals surface area (Å²) in [6.07, 6.45) is 4.31. The highest BCUT2D eigenvalue weighted by Crippen LogP contribution is 2.48. The lowest BCUT2D eigenvalue weighted by atomic mass is 9.88. The average Bonchev–Trinajstić information content (AvgIpc) is 3.40. The summed E-state index contributed by atoms with van der Waals surface area (Å²) < 4.78 is 14.0. The summed E-state index contributed by atoms with van der Waals surface area (Å²) >= 11 is 0. The quantitative estimate of drug-likeness (QED) is 0.306. The zero-order valence-electron chi connectivity index (χ0n) is 28.0. The van der Waals surface area contributed by atoms with Crippen LogP contribution in [-0.4, -0.2) is 37.8 Å². The molecule has 0 unspecified atom stereocenters. The number of hydrogen-bond donors (Lipinski definition) is 0. The third-order valence-corrected chi connectivity index (χ3v) is 20.0. The van der Waals surface area contributed by atoms with Crippen LogP contribution in [0.3, 0.4) is 0 Å². The molecular weight excluding hydrogens is 525 g/mol. The van der Waals surface area contributed by atoms with Gasteiger partial charge in [0.05, 0.1) is 34.0 Å². The van der Waals surface area contributed by atoms with Crippen LogP contribution in [0.1, 0.15) is 116 Å². The van der Waals surface area contributed by atoms with E-state index in [1.165, 1.54) is 22.5 Å². The van der Waals surface area contributed by atoms with Crippen LogP contribution in [0, 0.1) is 0 Å². The second-order valence-corrected chi connectivity index (χ2v) is 26.0. The Hall–Kier alpha value is -1.35. The van der Waals surface area contributed by atoms with Crippen LogP contribution in [0.15, 0.2) is 24.3 Å². The molecule has 0 saturated carbocycles. The zero-order valence-corrected chi connectivity index (χ0v) is 30.0. The fourth-order valence-corrected chi connectivity index (χ4v) is 9.84. The van der Waals surface area contributed by atoms with E-state index >= 15 is 0 Å². The van der Waals surface area contributed by atoms with Crippen molar-refractivity contribution in [1.29, 1.82) is 0 Å². The van der Waals surface area contributed by atoms with Crippen molar-refractivity contribution in [2.24, 2.45) is 0 Å². The predicted molar refractivity (Wildman–Crippen MR) is 174 cm³/mol. The minimum atomic E-state index is -1.92. The highest BCUT2D eigenvalue weighted by Gasteiger charge is 2.47.